The standard InChI is InChI=1S/C13H16F4N2/c14-11-7-9(5-6-10(11)13(15,16)17)12(19-18)8-3-1-2-4-8/h5-8,12,19H,1-4,18H2. The van der Waals surface area contributed by atoms with Crippen LogP contribution in [0.3, 0.4) is 0 Å². The van der Waals surface area contributed by atoms with Crippen molar-refractivity contribution in [3.8, 4) is 0 Å². The first-order valence-corrected chi connectivity index (χ1v) is 6.26. The summed E-state index contributed by atoms with van der Waals surface area (Å²) in [5.41, 5.74) is 1.83. The fraction of sp³-hybridized carbons (Fsp3) is 0.538. The second-order valence-electron chi connectivity index (χ2n) is 4.93. The van der Waals surface area contributed by atoms with Gasteiger partial charge in [-0.2, -0.15) is 13.2 Å². The summed E-state index contributed by atoms with van der Waals surface area (Å²) in [6.45, 7) is 0. The zero-order valence-corrected chi connectivity index (χ0v) is 10.3. The summed E-state index contributed by atoms with van der Waals surface area (Å²) in [5.74, 6) is 4.47. The molecule has 2 nitrogen and oxygen atoms in total. The number of hydrogen-bond acceptors (Lipinski definition) is 2. The van der Waals surface area contributed by atoms with E-state index in [0.29, 0.717) is 5.56 Å². The Morgan fingerprint density at radius 2 is 1.84 bits per heavy atom. The summed E-state index contributed by atoms with van der Waals surface area (Å²) in [5, 5.41) is 0. The SMILES string of the molecule is NNC(c1ccc(C(F)(F)F)c(F)c1)C1CCCC1. The maximum atomic E-state index is 13.5. The van der Waals surface area contributed by atoms with Crippen molar-refractivity contribution in [1.29, 1.82) is 0 Å². The fourth-order valence-electron chi connectivity index (χ4n) is 2.75. The third-order valence-corrected chi connectivity index (χ3v) is 3.71. The molecule has 1 aliphatic rings. The van der Waals surface area contributed by atoms with E-state index in [2.05, 4.69) is 5.43 Å². The normalized spacial score (nSPS) is 18.8. The molecular formula is C13H16F4N2. The van der Waals surface area contributed by atoms with E-state index in [1.165, 1.54) is 6.07 Å². The minimum atomic E-state index is -4.67. The maximum absolute atomic E-state index is 13.5. The molecule has 1 atom stereocenters. The molecule has 0 bridgehead atoms. The lowest BCUT2D eigenvalue weighted by atomic mass is 9.91. The molecular weight excluding hydrogens is 260 g/mol. The Morgan fingerprint density at radius 1 is 1.21 bits per heavy atom. The summed E-state index contributed by atoms with van der Waals surface area (Å²) in [7, 11) is 0. The van der Waals surface area contributed by atoms with Gasteiger partial charge in [-0.1, -0.05) is 18.9 Å². The topological polar surface area (TPSA) is 38.0 Å². The van der Waals surface area contributed by atoms with E-state index in [9.17, 15) is 17.6 Å². The monoisotopic (exact) mass is 276 g/mol. The Balaban J connectivity index is 2.27. The molecule has 1 unspecified atom stereocenters. The Labute approximate surface area is 109 Å². The highest BCUT2D eigenvalue weighted by Crippen LogP contribution is 2.37. The van der Waals surface area contributed by atoms with E-state index in [1.807, 2.05) is 0 Å². The predicted octanol–water partition coefficient (Wildman–Crippen LogP) is 3.54. The molecule has 1 saturated carbocycles. The third kappa shape index (κ3) is 3.06. The maximum Gasteiger partial charge on any atom is 0.419 e. The lowest BCUT2D eigenvalue weighted by Crippen LogP contribution is -2.32. The molecule has 1 fully saturated rings. The van der Waals surface area contributed by atoms with Crippen LogP contribution in [-0.2, 0) is 6.18 Å². The van der Waals surface area contributed by atoms with Crippen LogP contribution in [0.4, 0.5) is 17.6 Å². The number of alkyl halides is 3. The van der Waals surface area contributed by atoms with Crippen LogP contribution in [0.15, 0.2) is 18.2 Å². The van der Waals surface area contributed by atoms with Gasteiger partial charge in [-0.15, -0.1) is 0 Å². The minimum absolute atomic E-state index is 0.251. The van der Waals surface area contributed by atoms with Crippen molar-refractivity contribution in [2.24, 2.45) is 11.8 Å². The van der Waals surface area contributed by atoms with Crippen molar-refractivity contribution in [2.75, 3.05) is 0 Å². The molecule has 3 N–H and O–H groups in total. The molecule has 0 spiro atoms. The van der Waals surface area contributed by atoms with Crippen LogP contribution in [0, 0.1) is 11.7 Å². The van der Waals surface area contributed by atoms with E-state index in [4.69, 9.17) is 5.84 Å². The van der Waals surface area contributed by atoms with Gasteiger partial charge in [0.15, 0.2) is 0 Å². The van der Waals surface area contributed by atoms with Crippen molar-refractivity contribution in [2.45, 2.75) is 37.9 Å². The van der Waals surface area contributed by atoms with E-state index in [-0.39, 0.29) is 12.0 Å². The van der Waals surface area contributed by atoms with Gasteiger partial charge in [-0.25, -0.2) is 4.39 Å². The first-order valence-electron chi connectivity index (χ1n) is 6.26. The molecule has 0 radical (unpaired) electrons. The number of benzene rings is 1. The molecule has 6 heteroatoms. The molecule has 1 aliphatic carbocycles. The molecule has 0 amide bonds. The number of rotatable bonds is 3. The minimum Gasteiger partial charge on any atom is -0.271 e. The summed E-state index contributed by atoms with van der Waals surface area (Å²) >= 11 is 0. The Morgan fingerprint density at radius 3 is 2.32 bits per heavy atom. The van der Waals surface area contributed by atoms with Crippen LogP contribution >= 0.6 is 0 Å². The summed E-state index contributed by atoms with van der Waals surface area (Å²) in [6, 6.07) is 2.73. The van der Waals surface area contributed by atoms with Gasteiger partial charge in [-0.05, 0) is 36.5 Å². The largest absolute Gasteiger partial charge is 0.419 e. The summed E-state index contributed by atoms with van der Waals surface area (Å²) in [6.07, 6.45) is -0.603. The van der Waals surface area contributed by atoms with Gasteiger partial charge in [0.2, 0.25) is 0 Å². The first kappa shape index (κ1) is 14.3. The average Bonchev–Trinajstić information content (AvgIpc) is 2.82. The Bertz CT molecular complexity index is 439. The number of nitrogens with one attached hydrogen (secondary N) is 1. The molecule has 0 saturated heterocycles. The average molecular weight is 276 g/mol. The van der Waals surface area contributed by atoms with Gasteiger partial charge >= 0.3 is 6.18 Å². The molecule has 2 rings (SSSR count). The summed E-state index contributed by atoms with van der Waals surface area (Å²) < 4.78 is 51.0. The predicted molar refractivity (Wildman–Crippen MR) is 63.4 cm³/mol. The third-order valence-electron chi connectivity index (χ3n) is 3.71. The number of halogens is 4. The molecule has 0 aromatic heterocycles. The van der Waals surface area contributed by atoms with Gasteiger partial charge in [0, 0.05) is 6.04 Å². The molecule has 106 valence electrons. The van der Waals surface area contributed by atoms with Crippen LogP contribution in [-0.4, -0.2) is 0 Å². The number of nitrogens with two attached hydrogens (primary N) is 1. The second-order valence-corrected chi connectivity index (χ2v) is 4.93. The van der Waals surface area contributed by atoms with Gasteiger partial charge < -0.3 is 0 Å². The Hall–Kier alpha value is -1.14. The van der Waals surface area contributed by atoms with Crippen molar-refractivity contribution >= 4 is 0 Å². The molecule has 19 heavy (non-hydrogen) atoms. The van der Waals surface area contributed by atoms with Crippen molar-refractivity contribution in [3.05, 3.63) is 35.1 Å². The van der Waals surface area contributed by atoms with Crippen LogP contribution in [0.1, 0.15) is 42.9 Å². The van der Waals surface area contributed by atoms with Gasteiger partial charge in [0.1, 0.15) is 5.82 Å². The molecule has 1 aromatic rings. The summed E-state index contributed by atoms with van der Waals surface area (Å²) in [4.78, 5) is 0. The van der Waals surface area contributed by atoms with Gasteiger partial charge in [0.25, 0.3) is 0 Å². The van der Waals surface area contributed by atoms with E-state index in [1.54, 1.807) is 0 Å². The highest BCUT2D eigenvalue weighted by molar-refractivity contribution is 5.29. The van der Waals surface area contributed by atoms with Crippen molar-refractivity contribution in [3.63, 3.8) is 0 Å². The number of hydrogen-bond donors (Lipinski definition) is 2. The van der Waals surface area contributed by atoms with Crippen LogP contribution < -0.4 is 11.3 Å². The van der Waals surface area contributed by atoms with E-state index < -0.39 is 17.6 Å². The zero-order chi connectivity index (χ0) is 14.0. The second kappa shape index (κ2) is 5.46. The van der Waals surface area contributed by atoms with Gasteiger partial charge in [0.05, 0.1) is 5.56 Å². The van der Waals surface area contributed by atoms with Crippen LogP contribution in [0.5, 0.6) is 0 Å². The molecule has 0 aliphatic heterocycles. The zero-order valence-electron chi connectivity index (χ0n) is 10.3. The first-order chi connectivity index (χ1) is 8.93. The molecule has 0 heterocycles. The molecule has 1 aromatic carbocycles. The highest BCUT2D eigenvalue weighted by Gasteiger charge is 2.35. The van der Waals surface area contributed by atoms with Crippen LogP contribution in [0.2, 0.25) is 0 Å². The smallest absolute Gasteiger partial charge is 0.271 e. The fourth-order valence-corrected chi connectivity index (χ4v) is 2.75. The van der Waals surface area contributed by atoms with Crippen molar-refractivity contribution < 1.29 is 17.6 Å². The van der Waals surface area contributed by atoms with Crippen molar-refractivity contribution in [1.82, 2.24) is 5.43 Å². The number of hydrazine groups is 1. The quantitative estimate of drug-likeness (QED) is 0.503. The van der Waals surface area contributed by atoms with Crippen LogP contribution in [0.25, 0.3) is 0 Å². The van der Waals surface area contributed by atoms with E-state index in [0.717, 1.165) is 37.8 Å². The highest BCUT2D eigenvalue weighted by atomic mass is 19.4. The lowest BCUT2D eigenvalue weighted by molar-refractivity contribution is -0.140. The van der Waals surface area contributed by atoms with E-state index >= 15 is 0 Å². The van der Waals surface area contributed by atoms with Gasteiger partial charge in [-0.3, -0.25) is 11.3 Å². The lowest BCUT2D eigenvalue weighted by Gasteiger charge is -2.23. The Kier molecular flexibility index (Phi) is 4.10.